The second kappa shape index (κ2) is 9.58. The molecule has 5 nitrogen and oxygen atoms in total. The molecule has 33 heavy (non-hydrogen) atoms. The highest BCUT2D eigenvalue weighted by molar-refractivity contribution is 7.99. The predicted molar refractivity (Wildman–Crippen MR) is 130 cm³/mol. The number of benzene rings is 3. The van der Waals surface area contributed by atoms with E-state index in [1.807, 2.05) is 32.9 Å². The van der Waals surface area contributed by atoms with Gasteiger partial charge in [-0.1, -0.05) is 54.2 Å². The van der Waals surface area contributed by atoms with E-state index in [9.17, 15) is 14.0 Å². The van der Waals surface area contributed by atoms with Crippen molar-refractivity contribution in [2.24, 2.45) is 0 Å². The second-order valence-electron chi connectivity index (χ2n) is 7.93. The van der Waals surface area contributed by atoms with E-state index in [1.165, 1.54) is 22.3 Å². The number of hydrogen-bond acceptors (Lipinski definition) is 4. The Kier molecular flexibility index (Phi) is 6.60. The van der Waals surface area contributed by atoms with Crippen molar-refractivity contribution >= 4 is 28.6 Å². The van der Waals surface area contributed by atoms with Crippen molar-refractivity contribution in [3.63, 3.8) is 0 Å². The minimum atomic E-state index is -0.536. The van der Waals surface area contributed by atoms with E-state index in [1.54, 1.807) is 36.4 Å². The topological polar surface area (TPSA) is 64.0 Å². The first-order valence-electron chi connectivity index (χ1n) is 10.6. The fourth-order valence-corrected chi connectivity index (χ4v) is 4.40. The molecule has 7 heteroatoms. The number of thioether (sulfide) groups is 1. The van der Waals surface area contributed by atoms with Gasteiger partial charge in [0.25, 0.3) is 5.56 Å². The van der Waals surface area contributed by atoms with Crippen LogP contribution in [0.3, 0.4) is 0 Å². The number of nitrogens with one attached hydrogen (secondary N) is 1. The lowest BCUT2D eigenvalue weighted by Crippen LogP contribution is -2.29. The van der Waals surface area contributed by atoms with Gasteiger partial charge in [0.2, 0.25) is 5.91 Å². The van der Waals surface area contributed by atoms with E-state index in [-0.39, 0.29) is 34.1 Å². The molecular weight excluding hydrogens is 437 g/mol. The molecule has 0 saturated carbocycles. The van der Waals surface area contributed by atoms with Crippen LogP contribution >= 0.6 is 11.8 Å². The number of halogens is 1. The number of nitrogens with zero attached hydrogens (tertiary/aromatic N) is 2. The molecule has 0 fully saturated rings. The minimum absolute atomic E-state index is 0.0361. The van der Waals surface area contributed by atoms with Gasteiger partial charge in [0.1, 0.15) is 5.82 Å². The third kappa shape index (κ3) is 4.83. The van der Waals surface area contributed by atoms with Crippen molar-refractivity contribution in [3.05, 3.63) is 99.6 Å². The first-order chi connectivity index (χ1) is 15.8. The van der Waals surface area contributed by atoms with E-state index in [4.69, 9.17) is 0 Å². The van der Waals surface area contributed by atoms with Crippen molar-refractivity contribution < 1.29 is 9.18 Å². The molecule has 3 aromatic carbocycles. The van der Waals surface area contributed by atoms with E-state index in [0.717, 1.165) is 22.9 Å². The van der Waals surface area contributed by atoms with Gasteiger partial charge >= 0.3 is 0 Å². The van der Waals surface area contributed by atoms with Crippen LogP contribution < -0.4 is 10.9 Å². The lowest BCUT2D eigenvalue weighted by atomic mass is 10.0. The average Bonchev–Trinajstić information content (AvgIpc) is 2.80. The molecule has 1 amide bonds. The van der Waals surface area contributed by atoms with Gasteiger partial charge in [-0.2, -0.15) is 0 Å². The molecule has 4 aromatic rings. The Bertz CT molecular complexity index is 1400. The van der Waals surface area contributed by atoms with Crippen molar-refractivity contribution in [2.75, 3.05) is 5.75 Å². The highest BCUT2D eigenvalue weighted by Crippen LogP contribution is 2.23. The lowest BCUT2D eigenvalue weighted by molar-refractivity contribution is -0.119. The zero-order valence-electron chi connectivity index (χ0n) is 18.6. The second-order valence-corrected chi connectivity index (χ2v) is 8.87. The molecule has 1 aromatic heterocycles. The molecule has 1 N–H and O–H groups in total. The van der Waals surface area contributed by atoms with Gasteiger partial charge in [-0.25, -0.2) is 9.37 Å². The average molecular weight is 462 g/mol. The van der Waals surface area contributed by atoms with E-state index in [2.05, 4.69) is 16.4 Å². The molecule has 0 saturated heterocycles. The van der Waals surface area contributed by atoms with Crippen LogP contribution in [0.2, 0.25) is 0 Å². The predicted octanol–water partition coefficient (Wildman–Crippen LogP) is 5.11. The first kappa shape index (κ1) is 22.7. The number of hydrogen-bond donors (Lipinski definition) is 1. The van der Waals surface area contributed by atoms with Gasteiger partial charge in [-0.3, -0.25) is 14.2 Å². The maximum absolute atomic E-state index is 14.6. The largest absolute Gasteiger partial charge is 0.349 e. The molecule has 0 radical (unpaired) electrons. The first-order valence-corrected chi connectivity index (χ1v) is 11.6. The number of aryl methyl sites for hydroxylation is 2. The number of para-hydroxylation sites is 2. The molecule has 0 aliphatic heterocycles. The summed E-state index contributed by atoms with van der Waals surface area (Å²) in [6, 6.07) is 18.9. The maximum atomic E-state index is 14.6. The van der Waals surface area contributed by atoms with Crippen LogP contribution in [0.5, 0.6) is 0 Å². The summed E-state index contributed by atoms with van der Waals surface area (Å²) in [6.45, 7) is 6.01. The fraction of sp³-hybridized carbons (Fsp3) is 0.192. The summed E-state index contributed by atoms with van der Waals surface area (Å²) in [5.41, 5.74) is 3.60. The molecule has 0 spiro atoms. The zero-order chi connectivity index (χ0) is 23.5. The standard InChI is InChI=1S/C26H24FN3O2S/c1-16-12-13-19(14-17(16)2)18(3)28-24(31)15-33-26-29-22-10-6-4-8-20(22)25(32)30(26)23-11-7-5-9-21(23)27/h4-14,18H,15H2,1-3H3,(H,28,31). The molecule has 1 unspecified atom stereocenters. The maximum Gasteiger partial charge on any atom is 0.266 e. The monoisotopic (exact) mass is 461 g/mol. The van der Waals surface area contributed by atoms with Crippen molar-refractivity contribution in [3.8, 4) is 5.69 Å². The molecule has 0 bridgehead atoms. The normalized spacial score (nSPS) is 12.0. The van der Waals surface area contributed by atoms with Gasteiger partial charge in [-0.15, -0.1) is 0 Å². The highest BCUT2D eigenvalue weighted by Gasteiger charge is 2.18. The molecule has 0 aliphatic rings. The summed E-state index contributed by atoms with van der Waals surface area (Å²) in [5.74, 6) is -0.700. The molecule has 1 heterocycles. The van der Waals surface area contributed by atoms with E-state index in [0.29, 0.717) is 10.9 Å². The molecule has 0 aliphatic carbocycles. The van der Waals surface area contributed by atoms with Gasteiger partial charge in [0, 0.05) is 0 Å². The molecule has 4 rings (SSSR count). The van der Waals surface area contributed by atoms with Gasteiger partial charge in [0.15, 0.2) is 5.16 Å². The Labute approximate surface area is 195 Å². The van der Waals surface area contributed by atoms with Crippen molar-refractivity contribution in [1.29, 1.82) is 0 Å². The summed E-state index contributed by atoms with van der Waals surface area (Å²) < 4.78 is 15.8. The van der Waals surface area contributed by atoms with Crippen LogP contribution in [0.25, 0.3) is 16.6 Å². The van der Waals surface area contributed by atoms with Crippen LogP contribution in [0.15, 0.2) is 76.7 Å². The molecule has 168 valence electrons. The van der Waals surface area contributed by atoms with Crippen molar-refractivity contribution in [1.82, 2.24) is 14.9 Å². The van der Waals surface area contributed by atoms with Crippen LogP contribution in [0, 0.1) is 19.7 Å². The highest BCUT2D eigenvalue weighted by atomic mass is 32.2. The quantitative estimate of drug-likeness (QED) is 0.320. The van der Waals surface area contributed by atoms with Crippen LogP contribution in [-0.2, 0) is 4.79 Å². The number of aromatic nitrogens is 2. The smallest absolute Gasteiger partial charge is 0.266 e. The Balaban J connectivity index is 1.61. The SMILES string of the molecule is Cc1ccc(C(C)NC(=O)CSc2nc3ccccc3c(=O)n2-c2ccccc2F)cc1C. The number of amides is 1. The summed E-state index contributed by atoms with van der Waals surface area (Å²) >= 11 is 1.10. The third-order valence-electron chi connectivity index (χ3n) is 5.58. The van der Waals surface area contributed by atoms with Gasteiger partial charge in [-0.05, 0) is 61.7 Å². The Morgan fingerprint density at radius 2 is 1.79 bits per heavy atom. The summed E-state index contributed by atoms with van der Waals surface area (Å²) in [5, 5.41) is 3.64. The lowest BCUT2D eigenvalue weighted by Gasteiger charge is -2.17. The fourth-order valence-electron chi connectivity index (χ4n) is 3.59. The van der Waals surface area contributed by atoms with E-state index < -0.39 is 5.82 Å². The van der Waals surface area contributed by atoms with Crippen LogP contribution in [0.1, 0.15) is 29.7 Å². The molecule has 1 atom stereocenters. The number of fused-ring (bicyclic) bond motifs is 1. The Morgan fingerprint density at radius 1 is 1.06 bits per heavy atom. The zero-order valence-corrected chi connectivity index (χ0v) is 19.4. The number of carbonyl (C=O) groups excluding carboxylic acids is 1. The summed E-state index contributed by atoms with van der Waals surface area (Å²) in [4.78, 5) is 30.5. The Hall–Kier alpha value is -3.45. The minimum Gasteiger partial charge on any atom is -0.349 e. The van der Waals surface area contributed by atoms with Gasteiger partial charge in [0.05, 0.1) is 28.4 Å². The summed E-state index contributed by atoms with van der Waals surface area (Å²) in [7, 11) is 0. The van der Waals surface area contributed by atoms with Crippen LogP contribution in [0.4, 0.5) is 4.39 Å². The summed E-state index contributed by atoms with van der Waals surface area (Å²) in [6.07, 6.45) is 0. The van der Waals surface area contributed by atoms with Gasteiger partial charge < -0.3 is 5.32 Å². The number of rotatable bonds is 6. The van der Waals surface area contributed by atoms with Crippen molar-refractivity contribution in [2.45, 2.75) is 32.0 Å². The molecular formula is C26H24FN3O2S. The Morgan fingerprint density at radius 3 is 2.55 bits per heavy atom. The number of carbonyl (C=O) groups is 1. The van der Waals surface area contributed by atoms with E-state index >= 15 is 0 Å². The van der Waals surface area contributed by atoms with Crippen LogP contribution in [-0.4, -0.2) is 21.2 Å². The third-order valence-corrected chi connectivity index (χ3v) is 6.52.